The van der Waals surface area contributed by atoms with Gasteiger partial charge in [-0.05, 0) is 43.9 Å². The average Bonchev–Trinajstić information content (AvgIpc) is 3.22. The van der Waals surface area contributed by atoms with E-state index in [2.05, 4.69) is 14.8 Å². The van der Waals surface area contributed by atoms with Gasteiger partial charge in [0.05, 0.1) is 16.5 Å². The molecule has 0 bridgehead atoms. The Kier molecular flexibility index (Phi) is 5.62. The lowest BCUT2D eigenvalue weighted by molar-refractivity contribution is -0.145. The second-order valence-corrected chi connectivity index (χ2v) is 13.1. The Morgan fingerprint density at radius 3 is 2.05 bits per heavy atom. The van der Waals surface area contributed by atoms with Crippen molar-refractivity contribution in [2.24, 2.45) is 10.8 Å². The van der Waals surface area contributed by atoms with Gasteiger partial charge in [0, 0.05) is 43.1 Å². The molecule has 6 rings (SSSR count). The summed E-state index contributed by atoms with van der Waals surface area (Å²) in [4.78, 5) is 19.1. The van der Waals surface area contributed by atoms with Crippen molar-refractivity contribution < 1.29 is 39.6 Å². The van der Waals surface area contributed by atoms with Crippen LogP contribution >= 0.6 is 0 Å². The van der Waals surface area contributed by atoms with Gasteiger partial charge in [-0.2, -0.15) is 26.3 Å². The highest BCUT2D eigenvalue weighted by Gasteiger charge is 2.59. The minimum absolute atomic E-state index is 0.115. The first-order valence-electron chi connectivity index (χ1n) is 12.3. The van der Waals surface area contributed by atoms with Gasteiger partial charge in [-0.25, -0.2) is 27.6 Å². The second-order valence-electron chi connectivity index (χ2n) is 11.4. The van der Waals surface area contributed by atoms with E-state index in [1.807, 2.05) is 0 Å². The molecule has 2 aliphatic carbocycles. The van der Waals surface area contributed by atoms with Crippen LogP contribution in [0.25, 0.3) is 0 Å². The number of hydrogen-bond acceptors (Lipinski definition) is 5. The van der Waals surface area contributed by atoms with Gasteiger partial charge in [0.2, 0.25) is 10.0 Å². The summed E-state index contributed by atoms with van der Waals surface area (Å²) in [5, 5.41) is 3.53. The van der Waals surface area contributed by atoms with E-state index in [0.29, 0.717) is 57.9 Å². The first-order chi connectivity index (χ1) is 18.1. The van der Waals surface area contributed by atoms with Crippen molar-refractivity contribution in [3.8, 4) is 0 Å². The summed E-state index contributed by atoms with van der Waals surface area (Å²) in [6, 6.07) is 2.87. The van der Waals surface area contributed by atoms with Crippen LogP contribution in [-0.4, -0.2) is 71.2 Å². The standard InChI is InChI=1S/C23H24F6N6O3S/c24-22(25,26)14-2-1-3-17(4-14)39(37,38)32-15-5-20(6-15)9-33(10-20)19(36)34-11-21(12-34)7-16(8-21)35-13-30-18(31-35)23(27,28)29/h1-4,13,15-16,32H,5-12H2. The lowest BCUT2D eigenvalue weighted by Gasteiger charge is -2.63. The molecular weight excluding hydrogens is 554 g/mol. The molecular formula is C23H24F6N6O3S. The van der Waals surface area contributed by atoms with Crippen molar-refractivity contribution in [2.75, 3.05) is 26.2 Å². The van der Waals surface area contributed by atoms with Crippen molar-refractivity contribution in [3.05, 3.63) is 42.0 Å². The summed E-state index contributed by atoms with van der Waals surface area (Å²) in [6.07, 6.45) is -5.94. The predicted molar refractivity (Wildman–Crippen MR) is 121 cm³/mol. The van der Waals surface area contributed by atoms with E-state index >= 15 is 0 Å². The third-order valence-electron chi connectivity index (χ3n) is 8.27. The van der Waals surface area contributed by atoms with E-state index in [-0.39, 0.29) is 22.9 Å². The molecule has 2 aromatic rings. The number of alkyl halides is 6. The summed E-state index contributed by atoms with van der Waals surface area (Å²) in [5.41, 5.74) is -1.36. The Morgan fingerprint density at radius 1 is 0.923 bits per heavy atom. The Balaban J connectivity index is 0.946. The fourth-order valence-electron chi connectivity index (χ4n) is 6.42. The predicted octanol–water partition coefficient (Wildman–Crippen LogP) is 3.52. The molecule has 2 saturated heterocycles. The molecule has 2 amide bonds. The highest BCUT2D eigenvalue weighted by molar-refractivity contribution is 7.89. The first-order valence-corrected chi connectivity index (χ1v) is 13.8. The normalized spacial score (nSPS) is 22.8. The van der Waals surface area contributed by atoms with Crippen LogP contribution in [0.2, 0.25) is 0 Å². The van der Waals surface area contributed by atoms with E-state index in [4.69, 9.17) is 0 Å². The van der Waals surface area contributed by atoms with Gasteiger partial charge in [0.25, 0.3) is 5.82 Å². The van der Waals surface area contributed by atoms with E-state index in [1.54, 1.807) is 9.80 Å². The van der Waals surface area contributed by atoms with E-state index in [0.717, 1.165) is 24.5 Å². The monoisotopic (exact) mass is 578 g/mol. The van der Waals surface area contributed by atoms with Crippen LogP contribution in [0.1, 0.15) is 43.1 Å². The third kappa shape index (κ3) is 4.64. The molecule has 9 nitrogen and oxygen atoms in total. The molecule has 2 spiro atoms. The summed E-state index contributed by atoms with van der Waals surface area (Å²) < 4.78 is 106. The number of sulfonamides is 1. The number of likely N-dealkylation sites (tertiary alicyclic amines) is 2. The number of halogens is 6. The number of carbonyl (C=O) groups excluding carboxylic acids is 1. The Hall–Kier alpha value is -2.88. The maximum absolute atomic E-state index is 12.9. The molecule has 3 heterocycles. The van der Waals surface area contributed by atoms with Crippen LogP contribution in [0.5, 0.6) is 0 Å². The Bertz CT molecular complexity index is 1400. The fraction of sp³-hybridized carbons (Fsp3) is 0.609. The zero-order valence-corrected chi connectivity index (χ0v) is 21.2. The van der Waals surface area contributed by atoms with Gasteiger partial charge in [0.15, 0.2) is 0 Å². The van der Waals surface area contributed by atoms with Crippen LogP contribution in [0.3, 0.4) is 0 Å². The summed E-state index contributed by atoms with van der Waals surface area (Å²) in [5.74, 6) is -1.16. The van der Waals surface area contributed by atoms with Gasteiger partial charge in [-0.3, -0.25) is 0 Å². The zero-order valence-electron chi connectivity index (χ0n) is 20.3. The first kappa shape index (κ1) is 26.3. The lowest BCUT2D eigenvalue weighted by atomic mass is 9.60. The number of aromatic nitrogens is 3. The molecule has 0 atom stereocenters. The van der Waals surface area contributed by atoms with Crippen molar-refractivity contribution in [2.45, 2.75) is 55.0 Å². The van der Waals surface area contributed by atoms with Crippen LogP contribution in [0.15, 0.2) is 35.5 Å². The molecule has 4 aliphatic rings. The fourth-order valence-corrected chi connectivity index (χ4v) is 7.70. The third-order valence-corrected chi connectivity index (χ3v) is 9.79. The molecule has 1 aromatic carbocycles. The summed E-state index contributed by atoms with van der Waals surface area (Å²) in [7, 11) is -4.12. The summed E-state index contributed by atoms with van der Waals surface area (Å²) in [6.45, 7) is 1.98. The summed E-state index contributed by atoms with van der Waals surface area (Å²) >= 11 is 0. The van der Waals surface area contributed by atoms with Crippen molar-refractivity contribution >= 4 is 16.1 Å². The smallest absolute Gasteiger partial charge is 0.323 e. The molecule has 2 saturated carbocycles. The molecule has 39 heavy (non-hydrogen) atoms. The SMILES string of the molecule is O=C(N1CC2(CC(NS(=O)(=O)c3cccc(C(F)(F)F)c3)C2)C1)N1CC2(CC(n3cnc(C(F)(F)F)n3)C2)C1. The molecule has 2 aliphatic heterocycles. The van der Waals surface area contributed by atoms with E-state index < -0.39 is 44.7 Å². The lowest BCUT2D eigenvalue weighted by Crippen LogP contribution is -2.72. The maximum atomic E-state index is 12.9. The van der Waals surface area contributed by atoms with E-state index in [9.17, 15) is 39.6 Å². The highest BCUT2D eigenvalue weighted by atomic mass is 32.2. The topological polar surface area (TPSA) is 100 Å². The van der Waals surface area contributed by atoms with Gasteiger partial charge >= 0.3 is 18.4 Å². The minimum atomic E-state index is -4.65. The van der Waals surface area contributed by atoms with Gasteiger partial charge in [-0.1, -0.05) is 6.07 Å². The number of benzene rings is 1. The van der Waals surface area contributed by atoms with Gasteiger partial charge < -0.3 is 9.80 Å². The number of urea groups is 1. The van der Waals surface area contributed by atoms with Crippen molar-refractivity contribution in [3.63, 3.8) is 0 Å². The average molecular weight is 579 g/mol. The molecule has 0 unspecified atom stereocenters. The van der Waals surface area contributed by atoms with Crippen LogP contribution in [0.4, 0.5) is 31.1 Å². The molecule has 0 radical (unpaired) electrons. The quantitative estimate of drug-likeness (QED) is 0.560. The molecule has 1 aromatic heterocycles. The number of hydrogen-bond donors (Lipinski definition) is 1. The van der Waals surface area contributed by atoms with Crippen molar-refractivity contribution in [1.29, 1.82) is 0 Å². The maximum Gasteiger partial charge on any atom is 0.453 e. The Morgan fingerprint density at radius 2 is 1.51 bits per heavy atom. The van der Waals surface area contributed by atoms with E-state index in [1.165, 1.54) is 4.68 Å². The second kappa shape index (κ2) is 8.32. The minimum Gasteiger partial charge on any atom is -0.323 e. The molecule has 16 heteroatoms. The largest absolute Gasteiger partial charge is 0.453 e. The number of nitrogens with one attached hydrogen (secondary N) is 1. The number of carbonyl (C=O) groups is 1. The van der Waals surface area contributed by atoms with Crippen LogP contribution in [-0.2, 0) is 22.4 Å². The van der Waals surface area contributed by atoms with Gasteiger partial charge in [-0.15, -0.1) is 5.10 Å². The van der Waals surface area contributed by atoms with Gasteiger partial charge in [0.1, 0.15) is 6.33 Å². The molecule has 4 fully saturated rings. The number of amides is 2. The molecule has 1 N–H and O–H groups in total. The Labute approximate surface area is 219 Å². The van der Waals surface area contributed by atoms with Crippen LogP contribution < -0.4 is 4.72 Å². The van der Waals surface area contributed by atoms with Crippen LogP contribution in [0, 0.1) is 10.8 Å². The molecule has 212 valence electrons. The van der Waals surface area contributed by atoms with Crippen molar-refractivity contribution in [1.82, 2.24) is 29.3 Å². The zero-order chi connectivity index (χ0) is 28.0. The highest BCUT2D eigenvalue weighted by Crippen LogP contribution is 2.55. The number of rotatable bonds is 4. The number of nitrogens with zero attached hydrogens (tertiary/aromatic N) is 5.